The highest BCUT2D eigenvalue weighted by atomic mass is 19.1. The highest BCUT2D eigenvalue weighted by Gasteiger charge is 2.17. The predicted octanol–water partition coefficient (Wildman–Crippen LogP) is 2.54. The SMILES string of the molecule is COc1cc(F)cc(C(=O)CNC(=O)OC(C)(C)C)c1. The summed E-state index contributed by atoms with van der Waals surface area (Å²) in [6.45, 7) is 4.87. The number of methoxy groups -OCH3 is 1. The first-order valence-electron chi connectivity index (χ1n) is 6.06. The van der Waals surface area contributed by atoms with Crippen molar-refractivity contribution in [3.05, 3.63) is 29.6 Å². The van der Waals surface area contributed by atoms with Gasteiger partial charge in [0.2, 0.25) is 0 Å². The lowest BCUT2D eigenvalue weighted by Gasteiger charge is -2.19. The van der Waals surface area contributed by atoms with Gasteiger partial charge < -0.3 is 14.8 Å². The Balaban J connectivity index is 2.63. The van der Waals surface area contributed by atoms with Gasteiger partial charge >= 0.3 is 6.09 Å². The molecule has 0 aliphatic carbocycles. The molecular formula is C14H18FNO4. The van der Waals surface area contributed by atoms with Crippen LogP contribution in [-0.4, -0.2) is 31.1 Å². The molecule has 1 aromatic rings. The standard InChI is InChI=1S/C14H18FNO4/c1-14(2,3)20-13(18)16-8-12(17)9-5-10(15)7-11(6-9)19-4/h5-7H,8H2,1-4H3,(H,16,18). The summed E-state index contributed by atoms with van der Waals surface area (Å²) in [5.74, 6) is -0.774. The van der Waals surface area contributed by atoms with Gasteiger partial charge in [-0.1, -0.05) is 0 Å². The first kappa shape index (κ1) is 15.9. The first-order chi connectivity index (χ1) is 9.21. The lowest BCUT2D eigenvalue weighted by molar-refractivity contribution is 0.0520. The third-order valence-corrected chi connectivity index (χ3v) is 2.22. The van der Waals surface area contributed by atoms with Gasteiger partial charge in [0, 0.05) is 11.6 Å². The molecule has 1 rings (SSSR count). The summed E-state index contributed by atoms with van der Waals surface area (Å²) in [6.07, 6.45) is -0.700. The summed E-state index contributed by atoms with van der Waals surface area (Å²) in [5, 5.41) is 2.32. The quantitative estimate of drug-likeness (QED) is 0.862. The predicted molar refractivity (Wildman–Crippen MR) is 71.5 cm³/mol. The Morgan fingerprint density at radius 2 is 1.90 bits per heavy atom. The number of ether oxygens (including phenoxy) is 2. The third-order valence-electron chi connectivity index (χ3n) is 2.22. The summed E-state index contributed by atoms with van der Waals surface area (Å²) >= 11 is 0. The van der Waals surface area contributed by atoms with Crippen molar-refractivity contribution in [1.29, 1.82) is 0 Å². The van der Waals surface area contributed by atoms with E-state index in [4.69, 9.17) is 9.47 Å². The van der Waals surface area contributed by atoms with Gasteiger partial charge in [0.15, 0.2) is 5.78 Å². The Morgan fingerprint density at radius 1 is 1.25 bits per heavy atom. The summed E-state index contributed by atoms with van der Waals surface area (Å²) in [4.78, 5) is 23.2. The van der Waals surface area contributed by atoms with E-state index >= 15 is 0 Å². The Morgan fingerprint density at radius 3 is 2.45 bits per heavy atom. The van der Waals surface area contributed by atoms with Crippen LogP contribution in [0.1, 0.15) is 31.1 Å². The highest BCUT2D eigenvalue weighted by molar-refractivity contribution is 5.99. The number of Topliss-reactive ketones (excluding diaryl/α,β-unsaturated/α-hetero) is 1. The average Bonchev–Trinajstić information content (AvgIpc) is 2.33. The average molecular weight is 283 g/mol. The molecule has 1 N–H and O–H groups in total. The molecule has 6 heteroatoms. The second-order valence-electron chi connectivity index (χ2n) is 5.16. The molecule has 0 bridgehead atoms. The lowest BCUT2D eigenvalue weighted by atomic mass is 10.1. The number of amides is 1. The maximum Gasteiger partial charge on any atom is 0.408 e. The van der Waals surface area contributed by atoms with E-state index in [-0.39, 0.29) is 17.9 Å². The summed E-state index contributed by atoms with van der Waals surface area (Å²) in [5.41, 5.74) is -0.521. The fraction of sp³-hybridized carbons (Fsp3) is 0.429. The maximum atomic E-state index is 13.3. The largest absolute Gasteiger partial charge is 0.497 e. The van der Waals surface area contributed by atoms with Crippen LogP contribution in [0.3, 0.4) is 0 Å². The van der Waals surface area contributed by atoms with E-state index in [1.165, 1.54) is 13.2 Å². The van der Waals surface area contributed by atoms with Crippen molar-refractivity contribution in [2.75, 3.05) is 13.7 Å². The molecule has 0 fully saturated rings. The van der Waals surface area contributed by atoms with Gasteiger partial charge in [0.1, 0.15) is 17.2 Å². The minimum atomic E-state index is -0.700. The zero-order valence-electron chi connectivity index (χ0n) is 12.0. The number of nitrogens with one attached hydrogen (secondary N) is 1. The molecule has 0 radical (unpaired) electrons. The molecule has 1 aromatic carbocycles. The minimum Gasteiger partial charge on any atom is -0.497 e. The maximum absolute atomic E-state index is 13.3. The molecule has 0 atom stereocenters. The van der Waals surface area contributed by atoms with Gasteiger partial charge in [-0.25, -0.2) is 9.18 Å². The Hall–Kier alpha value is -2.11. The Labute approximate surface area is 117 Å². The zero-order chi connectivity index (χ0) is 15.3. The Bertz CT molecular complexity index is 508. The smallest absolute Gasteiger partial charge is 0.408 e. The molecule has 0 aromatic heterocycles. The van der Waals surface area contributed by atoms with E-state index in [9.17, 15) is 14.0 Å². The van der Waals surface area contributed by atoms with E-state index in [0.29, 0.717) is 0 Å². The minimum absolute atomic E-state index is 0.123. The van der Waals surface area contributed by atoms with Crippen LogP contribution in [0.4, 0.5) is 9.18 Å². The van der Waals surface area contributed by atoms with Crippen molar-refractivity contribution in [3.63, 3.8) is 0 Å². The zero-order valence-corrected chi connectivity index (χ0v) is 12.0. The molecule has 0 saturated heterocycles. The van der Waals surface area contributed by atoms with E-state index in [2.05, 4.69) is 5.32 Å². The highest BCUT2D eigenvalue weighted by Crippen LogP contribution is 2.16. The molecule has 0 unspecified atom stereocenters. The van der Waals surface area contributed by atoms with Gasteiger partial charge in [-0.3, -0.25) is 4.79 Å². The van der Waals surface area contributed by atoms with E-state index in [1.54, 1.807) is 20.8 Å². The number of halogens is 1. The number of hydrogen-bond donors (Lipinski definition) is 1. The number of hydrogen-bond acceptors (Lipinski definition) is 4. The van der Waals surface area contributed by atoms with Crippen molar-refractivity contribution < 1.29 is 23.5 Å². The molecule has 0 aliphatic rings. The van der Waals surface area contributed by atoms with E-state index in [1.807, 2.05) is 0 Å². The Kier molecular flexibility index (Phi) is 5.07. The number of benzene rings is 1. The van der Waals surface area contributed by atoms with Crippen molar-refractivity contribution in [1.82, 2.24) is 5.32 Å². The van der Waals surface area contributed by atoms with Crippen molar-refractivity contribution >= 4 is 11.9 Å². The second kappa shape index (κ2) is 6.36. The normalized spacial score (nSPS) is 10.8. The second-order valence-corrected chi connectivity index (χ2v) is 5.16. The lowest BCUT2D eigenvalue weighted by Crippen LogP contribution is -2.35. The van der Waals surface area contributed by atoms with E-state index < -0.39 is 23.3 Å². The molecule has 0 saturated carbocycles. The monoisotopic (exact) mass is 283 g/mol. The summed E-state index contributed by atoms with van der Waals surface area (Å²) in [7, 11) is 1.38. The van der Waals surface area contributed by atoms with Crippen LogP contribution in [0.25, 0.3) is 0 Å². The first-order valence-corrected chi connectivity index (χ1v) is 6.06. The fourth-order valence-electron chi connectivity index (χ4n) is 1.41. The summed E-state index contributed by atoms with van der Waals surface area (Å²) in [6, 6.07) is 3.65. The van der Waals surface area contributed by atoms with Crippen LogP contribution >= 0.6 is 0 Å². The number of alkyl carbamates (subject to hydrolysis) is 1. The molecule has 110 valence electrons. The molecule has 5 nitrogen and oxygen atoms in total. The topological polar surface area (TPSA) is 64.6 Å². The molecule has 1 amide bonds. The van der Waals surface area contributed by atoms with Crippen LogP contribution < -0.4 is 10.1 Å². The number of carbonyl (C=O) groups is 2. The van der Waals surface area contributed by atoms with Crippen molar-refractivity contribution in [2.45, 2.75) is 26.4 Å². The number of ketones is 1. The van der Waals surface area contributed by atoms with Crippen LogP contribution in [0.5, 0.6) is 5.75 Å². The summed E-state index contributed by atoms with van der Waals surface area (Å²) < 4.78 is 23.1. The van der Waals surface area contributed by atoms with E-state index in [0.717, 1.165) is 12.1 Å². The van der Waals surface area contributed by atoms with Crippen LogP contribution in [0.15, 0.2) is 18.2 Å². The third kappa shape index (κ3) is 5.26. The van der Waals surface area contributed by atoms with Gasteiger partial charge in [-0.15, -0.1) is 0 Å². The van der Waals surface area contributed by atoms with Gasteiger partial charge in [-0.05, 0) is 32.9 Å². The molecule has 0 heterocycles. The van der Waals surface area contributed by atoms with Gasteiger partial charge in [-0.2, -0.15) is 0 Å². The number of rotatable bonds is 4. The van der Waals surface area contributed by atoms with Crippen LogP contribution in [-0.2, 0) is 4.74 Å². The molecule has 0 aliphatic heterocycles. The van der Waals surface area contributed by atoms with Crippen LogP contribution in [0.2, 0.25) is 0 Å². The van der Waals surface area contributed by atoms with Crippen LogP contribution in [0, 0.1) is 5.82 Å². The van der Waals surface area contributed by atoms with Gasteiger partial charge in [0.25, 0.3) is 0 Å². The molecule has 0 spiro atoms. The van der Waals surface area contributed by atoms with Gasteiger partial charge in [0.05, 0.1) is 13.7 Å². The molecule has 20 heavy (non-hydrogen) atoms. The van der Waals surface area contributed by atoms with Crippen molar-refractivity contribution in [3.8, 4) is 5.75 Å². The number of carbonyl (C=O) groups excluding carboxylic acids is 2. The fourth-order valence-corrected chi connectivity index (χ4v) is 1.41. The van der Waals surface area contributed by atoms with Crippen molar-refractivity contribution in [2.24, 2.45) is 0 Å². The molecular weight excluding hydrogens is 265 g/mol.